The lowest BCUT2D eigenvalue weighted by Crippen LogP contribution is -2.50. The Bertz CT molecular complexity index is 523. The highest BCUT2D eigenvalue weighted by molar-refractivity contribution is 14.0. The molecule has 28 heavy (non-hydrogen) atoms. The number of carbonyl (C=O) groups excluding carboxylic acids is 1. The molecule has 2 aliphatic heterocycles. The van der Waals surface area contributed by atoms with Crippen LogP contribution in [-0.2, 0) is 4.79 Å². The second-order valence-corrected chi connectivity index (χ2v) is 8.94. The molecule has 2 saturated heterocycles. The molecule has 0 radical (unpaired) electrons. The number of nitrogens with zero attached hydrogens (tertiary/aromatic N) is 3. The fourth-order valence-corrected chi connectivity index (χ4v) is 4.90. The molecule has 2 N–H and O–H groups in total. The first kappa shape index (κ1) is 23.7. The molecule has 1 aliphatic carbocycles. The molecule has 2 heterocycles. The summed E-state index contributed by atoms with van der Waals surface area (Å²) in [5.41, 5.74) is 0. The maximum atomic E-state index is 12.6. The molecule has 1 amide bonds. The monoisotopic (exact) mass is 505 g/mol. The second-order valence-electron chi connectivity index (χ2n) is 8.94. The van der Waals surface area contributed by atoms with Crippen LogP contribution in [0.25, 0.3) is 0 Å². The molecule has 1 saturated carbocycles. The van der Waals surface area contributed by atoms with Crippen LogP contribution in [0, 0.1) is 11.8 Å². The van der Waals surface area contributed by atoms with Gasteiger partial charge in [0.2, 0.25) is 5.91 Å². The van der Waals surface area contributed by atoms with E-state index < -0.39 is 0 Å². The van der Waals surface area contributed by atoms with E-state index in [4.69, 9.17) is 0 Å². The van der Waals surface area contributed by atoms with E-state index in [1.165, 1.54) is 38.8 Å². The fourth-order valence-electron chi connectivity index (χ4n) is 4.90. The lowest BCUT2D eigenvalue weighted by Gasteiger charge is -2.35. The summed E-state index contributed by atoms with van der Waals surface area (Å²) in [6.45, 7) is 9.67. The van der Waals surface area contributed by atoms with E-state index in [-0.39, 0.29) is 29.9 Å². The van der Waals surface area contributed by atoms with Crippen LogP contribution in [0.2, 0.25) is 0 Å². The molecule has 3 fully saturated rings. The molecule has 0 aromatic rings. The second kappa shape index (κ2) is 11.6. The number of piperidine rings is 1. The lowest BCUT2D eigenvalue weighted by atomic mass is 9.99. The molecule has 6 nitrogen and oxygen atoms in total. The van der Waals surface area contributed by atoms with Gasteiger partial charge in [-0.05, 0) is 51.5 Å². The summed E-state index contributed by atoms with van der Waals surface area (Å²) in [5, 5.41) is 7.04. The van der Waals surface area contributed by atoms with Crippen LogP contribution in [0.1, 0.15) is 58.8 Å². The molecule has 3 aliphatic rings. The molecule has 3 atom stereocenters. The van der Waals surface area contributed by atoms with Gasteiger partial charge in [0.1, 0.15) is 0 Å². The van der Waals surface area contributed by atoms with Crippen LogP contribution in [0.3, 0.4) is 0 Å². The van der Waals surface area contributed by atoms with E-state index in [1.54, 1.807) is 0 Å². The largest absolute Gasteiger partial charge is 0.355 e. The zero-order valence-electron chi connectivity index (χ0n) is 18.0. The van der Waals surface area contributed by atoms with E-state index in [0.29, 0.717) is 18.0 Å². The molecular formula is C21H40IN5O. The highest BCUT2D eigenvalue weighted by Gasteiger charge is 2.32. The SMILES string of the molecule is CN=C(NCC(C)N1CCCC(C)C1)NC1CCN(C(=O)C2CCCC2)C1.I. The zero-order chi connectivity index (χ0) is 19.2. The van der Waals surface area contributed by atoms with Crippen LogP contribution in [0.4, 0.5) is 0 Å². The van der Waals surface area contributed by atoms with Gasteiger partial charge in [0, 0.05) is 51.2 Å². The van der Waals surface area contributed by atoms with Crippen molar-refractivity contribution in [3.05, 3.63) is 0 Å². The number of guanidine groups is 1. The number of aliphatic imine (C=N–C) groups is 1. The topological polar surface area (TPSA) is 60.0 Å². The van der Waals surface area contributed by atoms with Crippen LogP contribution in [0.15, 0.2) is 4.99 Å². The Kier molecular flexibility index (Phi) is 9.80. The van der Waals surface area contributed by atoms with Gasteiger partial charge in [0.05, 0.1) is 0 Å². The number of nitrogens with one attached hydrogen (secondary N) is 2. The summed E-state index contributed by atoms with van der Waals surface area (Å²) in [4.78, 5) is 21.7. The minimum absolute atomic E-state index is 0. The smallest absolute Gasteiger partial charge is 0.225 e. The number of likely N-dealkylation sites (tertiary alicyclic amines) is 2. The van der Waals surface area contributed by atoms with Gasteiger partial charge < -0.3 is 15.5 Å². The first-order valence-electron chi connectivity index (χ1n) is 11.1. The molecule has 3 rings (SSSR count). The summed E-state index contributed by atoms with van der Waals surface area (Å²) in [5.74, 6) is 2.34. The lowest BCUT2D eigenvalue weighted by molar-refractivity contribution is -0.134. The van der Waals surface area contributed by atoms with Gasteiger partial charge in [-0.25, -0.2) is 0 Å². The Morgan fingerprint density at radius 3 is 2.54 bits per heavy atom. The average molecular weight is 505 g/mol. The number of amides is 1. The minimum atomic E-state index is 0. The minimum Gasteiger partial charge on any atom is -0.355 e. The van der Waals surface area contributed by atoms with Crippen LogP contribution in [0.5, 0.6) is 0 Å². The Morgan fingerprint density at radius 2 is 1.86 bits per heavy atom. The maximum absolute atomic E-state index is 12.6. The highest BCUT2D eigenvalue weighted by atomic mass is 127. The van der Waals surface area contributed by atoms with Crippen molar-refractivity contribution in [1.82, 2.24) is 20.4 Å². The molecule has 0 aromatic heterocycles. The number of hydrogen-bond acceptors (Lipinski definition) is 3. The first-order valence-corrected chi connectivity index (χ1v) is 11.1. The van der Waals surface area contributed by atoms with Crippen LogP contribution >= 0.6 is 24.0 Å². The van der Waals surface area contributed by atoms with Crippen molar-refractivity contribution in [3.63, 3.8) is 0 Å². The van der Waals surface area contributed by atoms with Crippen LogP contribution < -0.4 is 10.6 Å². The Balaban J connectivity index is 0.00000280. The third-order valence-electron chi connectivity index (χ3n) is 6.65. The third-order valence-corrected chi connectivity index (χ3v) is 6.65. The molecule has 162 valence electrons. The van der Waals surface area contributed by atoms with E-state index in [1.807, 2.05) is 7.05 Å². The van der Waals surface area contributed by atoms with Crippen molar-refractivity contribution in [2.75, 3.05) is 39.8 Å². The van der Waals surface area contributed by atoms with Gasteiger partial charge in [0.15, 0.2) is 5.96 Å². The van der Waals surface area contributed by atoms with E-state index in [0.717, 1.165) is 50.8 Å². The maximum Gasteiger partial charge on any atom is 0.225 e. The Labute approximate surface area is 188 Å². The highest BCUT2D eigenvalue weighted by Crippen LogP contribution is 2.27. The predicted molar refractivity (Wildman–Crippen MR) is 126 cm³/mol. The van der Waals surface area contributed by atoms with Gasteiger partial charge >= 0.3 is 0 Å². The fraction of sp³-hybridized carbons (Fsp3) is 0.905. The molecule has 0 spiro atoms. The van der Waals surface area contributed by atoms with Crippen molar-refractivity contribution in [2.24, 2.45) is 16.8 Å². The van der Waals surface area contributed by atoms with E-state index >= 15 is 0 Å². The van der Waals surface area contributed by atoms with Crippen molar-refractivity contribution in [3.8, 4) is 0 Å². The molecule has 3 unspecified atom stereocenters. The van der Waals surface area contributed by atoms with Gasteiger partial charge in [-0.15, -0.1) is 24.0 Å². The normalized spacial score (nSPS) is 28.1. The number of hydrogen-bond donors (Lipinski definition) is 2. The number of halogens is 1. The molecule has 0 bridgehead atoms. The summed E-state index contributed by atoms with van der Waals surface area (Å²) in [7, 11) is 1.83. The summed E-state index contributed by atoms with van der Waals surface area (Å²) >= 11 is 0. The molecule has 7 heteroatoms. The number of carbonyl (C=O) groups is 1. The quantitative estimate of drug-likeness (QED) is 0.343. The van der Waals surface area contributed by atoms with Gasteiger partial charge in [-0.3, -0.25) is 14.7 Å². The van der Waals surface area contributed by atoms with Gasteiger partial charge in [-0.2, -0.15) is 0 Å². The predicted octanol–water partition coefficient (Wildman–Crippen LogP) is 2.68. The Hall–Kier alpha value is -0.570. The van der Waals surface area contributed by atoms with Gasteiger partial charge in [-0.1, -0.05) is 19.8 Å². The molecule has 0 aromatic carbocycles. The number of rotatable bonds is 5. The third kappa shape index (κ3) is 6.47. The van der Waals surface area contributed by atoms with Crippen molar-refractivity contribution in [1.29, 1.82) is 0 Å². The first-order chi connectivity index (χ1) is 13.1. The average Bonchev–Trinajstić information content (AvgIpc) is 3.36. The van der Waals surface area contributed by atoms with E-state index in [9.17, 15) is 4.79 Å². The van der Waals surface area contributed by atoms with Crippen molar-refractivity contribution < 1.29 is 4.79 Å². The Morgan fingerprint density at radius 1 is 1.11 bits per heavy atom. The zero-order valence-corrected chi connectivity index (χ0v) is 20.3. The molecular weight excluding hydrogens is 465 g/mol. The summed E-state index contributed by atoms with van der Waals surface area (Å²) in [6.07, 6.45) is 8.29. The van der Waals surface area contributed by atoms with Crippen molar-refractivity contribution >= 4 is 35.8 Å². The standard InChI is InChI=1S/C21H39N5O.HI/c1-16-7-6-11-25(14-16)17(2)13-23-21(22-3)24-19-10-12-26(15-19)20(27)18-8-4-5-9-18;/h16-19H,4-15H2,1-3H3,(H2,22,23,24);1H. The summed E-state index contributed by atoms with van der Waals surface area (Å²) in [6, 6.07) is 0.821. The van der Waals surface area contributed by atoms with E-state index in [2.05, 4.69) is 39.3 Å². The van der Waals surface area contributed by atoms with Crippen molar-refractivity contribution in [2.45, 2.75) is 70.9 Å². The van der Waals surface area contributed by atoms with Crippen LogP contribution in [-0.4, -0.2) is 73.5 Å². The summed E-state index contributed by atoms with van der Waals surface area (Å²) < 4.78 is 0. The van der Waals surface area contributed by atoms with Gasteiger partial charge in [0.25, 0.3) is 0 Å².